The first-order valence-corrected chi connectivity index (χ1v) is 10.4. The number of rotatable bonds is 6. The number of hydrogen-bond acceptors (Lipinski definition) is 5. The molecule has 4 rings (SSSR count). The van der Waals surface area contributed by atoms with E-state index < -0.39 is 11.7 Å². The minimum atomic E-state index is -0.625. The maximum Gasteiger partial charge on any atom is 0.234 e. The number of carbonyl (C=O) groups is 1. The van der Waals surface area contributed by atoms with E-state index in [2.05, 4.69) is 20.5 Å². The Morgan fingerprint density at radius 2 is 1.77 bits per heavy atom. The summed E-state index contributed by atoms with van der Waals surface area (Å²) >= 11 is 6.85. The normalized spacial score (nSPS) is 10.8. The van der Waals surface area contributed by atoms with Gasteiger partial charge >= 0.3 is 0 Å². The predicted octanol–water partition coefficient (Wildman–Crippen LogP) is 4.99. The van der Waals surface area contributed by atoms with Crippen molar-refractivity contribution in [1.29, 1.82) is 0 Å². The average Bonchev–Trinajstić information content (AvgIpc) is 3.19. The molecule has 2 heterocycles. The van der Waals surface area contributed by atoms with Crippen LogP contribution in [0.2, 0.25) is 5.02 Å². The zero-order valence-corrected chi connectivity index (χ0v) is 17.4. The van der Waals surface area contributed by atoms with Crippen LogP contribution in [0.4, 0.5) is 14.5 Å². The van der Waals surface area contributed by atoms with Gasteiger partial charge in [-0.1, -0.05) is 23.4 Å². The SMILES string of the molecule is O=C(CSc1nnc(-c2ccncc2)n1-c1ccc(F)cc1)Nc1ccc(Cl)cc1F. The molecule has 0 aliphatic carbocycles. The standard InChI is InChI=1S/C21H14ClF2N5OS/c22-14-1-6-18(17(24)11-14)26-19(30)12-31-21-28-27-20(13-7-9-25-10-8-13)29(21)16-4-2-15(23)3-5-16/h1-11H,12H2,(H,26,30). The number of nitrogens with zero attached hydrogens (tertiary/aromatic N) is 4. The van der Waals surface area contributed by atoms with Gasteiger partial charge in [0.1, 0.15) is 11.6 Å². The maximum absolute atomic E-state index is 13.9. The van der Waals surface area contributed by atoms with Crippen molar-refractivity contribution in [1.82, 2.24) is 19.7 Å². The lowest BCUT2D eigenvalue weighted by atomic mass is 10.2. The molecule has 0 fully saturated rings. The van der Waals surface area contributed by atoms with Crippen LogP contribution in [0.25, 0.3) is 17.1 Å². The Morgan fingerprint density at radius 1 is 1.03 bits per heavy atom. The van der Waals surface area contributed by atoms with E-state index in [4.69, 9.17) is 11.6 Å². The van der Waals surface area contributed by atoms with Gasteiger partial charge in [0.15, 0.2) is 11.0 Å². The smallest absolute Gasteiger partial charge is 0.234 e. The molecule has 0 atom stereocenters. The molecule has 2 aromatic carbocycles. The fourth-order valence-corrected chi connectivity index (χ4v) is 3.69. The van der Waals surface area contributed by atoms with Gasteiger partial charge in [-0.3, -0.25) is 14.3 Å². The molecule has 0 bridgehead atoms. The number of thioether (sulfide) groups is 1. The van der Waals surface area contributed by atoms with Gasteiger partial charge in [0.2, 0.25) is 5.91 Å². The Bertz CT molecular complexity index is 1220. The van der Waals surface area contributed by atoms with Crippen molar-refractivity contribution < 1.29 is 13.6 Å². The summed E-state index contributed by atoms with van der Waals surface area (Å²) in [5.74, 6) is -0.954. The van der Waals surface area contributed by atoms with Gasteiger partial charge in [-0.15, -0.1) is 10.2 Å². The molecule has 1 amide bonds. The zero-order valence-electron chi connectivity index (χ0n) is 15.8. The molecule has 156 valence electrons. The molecule has 31 heavy (non-hydrogen) atoms. The summed E-state index contributed by atoms with van der Waals surface area (Å²) in [5, 5.41) is 11.6. The predicted molar refractivity (Wildman–Crippen MR) is 115 cm³/mol. The Morgan fingerprint density at radius 3 is 2.48 bits per heavy atom. The van der Waals surface area contributed by atoms with Gasteiger partial charge in [0.25, 0.3) is 0 Å². The fraction of sp³-hybridized carbons (Fsp3) is 0.0476. The van der Waals surface area contributed by atoms with Crippen LogP contribution < -0.4 is 5.32 Å². The van der Waals surface area contributed by atoms with Crippen molar-refractivity contribution in [3.63, 3.8) is 0 Å². The molecule has 0 saturated heterocycles. The fourth-order valence-electron chi connectivity index (χ4n) is 2.78. The number of aromatic nitrogens is 4. The molecule has 0 aliphatic rings. The highest BCUT2D eigenvalue weighted by Gasteiger charge is 2.18. The number of carbonyl (C=O) groups excluding carboxylic acids is 1. The lowest BCUT2D eigenvalue weighted by molar-refractivity contribution is -0.113. The zero-order chi connectivity index (χ0) is 21.8. The summed E-state index contributed by atoms with van der Waals surface area (Å²) in [5.41, 5.74) is 1.42. The summed E-state index contributed by atoms with van der Waals surface area (Å²) < 4.78 is 29.1. The molecular weight excluding hydrogens is 444 g/mol. The third-order valence-electron chi connectivity index (χ3n) is 4.19. The molecule has 6 nitrogen and oxygen atoms in total. The molecule has 0 unspecified atom stereocenters. The first-order chi connectivity index (χ1) is 15.0. The largest absolute Gasteiger partial charge is 0.323 e. The van der Waals surface area contributed by atoms with Crippen LogP contribution in [-0.4, -0.2) is 31.4 Å². The third-order valence-corrected chi connectivity index (χ3v) is 5.36. The number of hydrogen-bond donors (Lipinski definition) is 1. The van der Waals surface area contributed by atoms with Crippen molar-refractivity contribution in [2.24, 2.45) is 0 Å². The Hall–Kier alpha value is -3.30. The summed E-state index contributed by atoms with van der Waals surface area (Å²) in [6.45, 7) is 0. The summed E-state index contributed by atoms with van der Waals surface area (Å²) in [7, 11) is 0. The topological polar surface area (TPSA) is 72.7 Å². The highest BCUT2D eigenvalue weighted by Crippen LogP contribution is 2.28. The first-order valence-electron chi connectivity index (χ1n) is 9.01. The molecular formula is C21H14ClF2N5OS. The highest BCUT2D eigenvalue weighted by molar-refractivity contribution is 7.99. The first kappa shape index (κ1) is 21.0. The Balaban J connectivity index is 1.58. The van der Waals surface area contributed by atoms with Crippen LogP contribution >= 0.6 is 23.4 Å². The average molecular weight is 458 g/mol. The van der Waals surface area contributed by atoms with Crippen LogP contribution in [0.3, 0.4) is 0 Å². The summed E-state index contributed by atoms with van der Waals surface area (Å²) in [4.78, 5) is 16.3. The Labute approximate surface area is 185 Å². The summed E-state index contributed by atoms with van der Waals surface area (Å²) in [6.07, 6.45) is 3.25. The monoisotopic (exact) mass is 457 g/mol. The van der Waals surface area contributed by atoms with Gasteiger partial charge in [-0.05, 0) is 54.6 Å². The minimum absolute atomic E-state index is 0.0347. The number of pyridine rings is 1. The van der Waals surface area contributed by atoms with E-state index in [9.17, 15) is 13.6 Å². The molecule has 1 N–H and O–H groups in total. The van der Waals surface area contributed by atoms with E-state index in [0.717, 1.165) is 23.4 Å². The van der Waals surface area contributed by atoms with Gasteiger partial charge in [-0.25, -0.2) is 8.78 Å². The lowest BCUT2D eigenvalue weighted by Crippen LogP contribution is -2.15. The molecule has 2 aromatic heterocycles. The van der Waals surface area contributed by atoms with Gasteiger partial charge in [-0.2, -0.15) is 0 Å². The van der Waals surface area contributed by atoms with Crippen molar-refractivity contribution in [3.05, 3.63) is 83.6 Å². The van der Waals surface area contributed by atoms with Crippen molar-refractivity contribution in [3.8, 4) is 17.1 Å². The second kappa shape index (κ2) is 9.23. The van der Waals surface area contributed by atoms with Gasteiger partial charge in [0, 0.05) is 28.7 Å². The maximum atomic E-state index is 13.9. The third kappa shape index (κ3) is 4.89. The van der Waals surface area contributed by atoms with E-state index in [1.807, 2.05) is 0 Å². The van der Waals surface area contributed by atoms with E-state index in [-0.39, 0.29) is 22.3 Å². The summed E-state index contributed by atoms with van der Waals surface area (Å²) in [6, 6.07) is 13.4. The van der Waals surface area contributed by atoms with Crippen molar-refractivity contribution in [2.45, 2.75) is 5.16 Å². The van der Waals surface area contributed by atoms with Crippen LogP contribution in [-0.2, 0) is 4.79 Å². The number of amides is 1. The molecule has 0 saturated carbocycles. The minimum Gasteiger partial charge on any atom is -0.323 e. The van der Waals surface area contributed by atoms with E-state index >= 15 is 0 Å². The second-order valence-corrected chi connectivity index (χ2v) is 7.69. The number of benzene rings is 2. The van der Waals surface area contributed by atoms with Gasteiger partial charge in [0.05, 0.1) is 11.4 Å². The van der Waals surface area contributed by atoms with Crippen LogP contribution in [0, 0.1) is 11.6 Å². The van der Waals surface area contributed by atoms with Crippen molar-refractivity contribution in [2.75, 3.05) is 11.1 Å². The second-order valence-electron chi connectivity index (χ2n) is 6.31. The number of anilines is 1. The van der Waals surface area contributed by atoms with Crippen LogP contribution in [0.5, 0.6) is 0 Å². The highest BCUT2D eigenvalue weighted by atomic mass is 35.5. The van der Waals surface area contributed by atoms with Crippen LogP contribution in [0.15, 0.2) is 72.1 Å². The van der Waals surface area contributed by atoms with E-state index in [1.54, 1.807) is 41.2 Å². The van der Waals surface area contributed by atoms with Crippen molar-refractivity contribution >= 4 is 35.0 Å². The number of halogens is 3. The molecule has 4 aromatic rings. The van der Waals surface area contributed by atoms with E-state index in [1.165, 1.54) is 24.3 Å². The molecule has 0 spiro atoms. The quantitative estimate of drug-likeness (QED) is 0.413. The molecule has 10 heteroatoms. The lowest BCUT2D eigenvalue weighted by Gasteiger charge is -2.11. The van der Waals surface area contributed by atoms with Gasteiger partial charge < -0.3 is 5.32 Å². The van der Waals surface area contributed by atoms with Crippen LogP contribution in [0.1, 0.15) is 0 Å². The van der Waals surface area contributed by atoms with E-state index in [0.29, 0.717) is 16.7 Å². The molecule has 0 radical (unpaired) electrons. The Kier molecular flexibility index (Phi) is 6.24. The number of nitrogens with one attached hydrogen (secondary N) is 1. The molecule has 0 aliphatic heterocycles.